The molecule has 0 saturated heterocycles. The van der Waals surface area contributed by atoms with Gasteiger partial charge in [0.15, 0.2) is 0 Å². The summed E-state index contributed by atoms with van der Waals surface area (Å²) >= 11 is 1.22. The smallest absolute Gasteiger partial charge is 0.0771 e. The molecule has 1 N–H and O–H groups in total. The second-order valence-corrected chi connectivity index (χ2v) is 5.04. The monoisotopic (exact) mass is 212 g/mol. The zero-order chi connectivity index (χ0) is 10.0. The Morgan fingerprint density at radius 1 is 1.57 bits per heavy atom. The van der Waals surface area contributed by atoms with E-state index < -0.39 is 5.60 Å². The van der Waals surface area contributed by atoms with Gasteiger partial charge < -0.3 is 5.11 Å². The fourth-order valence-electron chi connectivity index (χ4n) is 2.08. The van der Waals surface area contributed by atoms with E-state index in [0.717, 1.165) is 37.3 Å². The highest BCUT2D eigenvalue weighted by molar-refractivity contribution is 6.99. The maximum atomic E-state index is 10.3. The Bertz CT molecular complexity index is 278. The lowest BCUT2D eigenvalue weighted by Crippen LogP contribution is -2.35. The lowest BCUT2D eigenvalue weighted by molar-refractivity contribution is -0.00730. The second-order valence-electron chi connectivity index (χ2n) is 4.48. The second kappa shape index (κ2) is 3.95. The van der Waals surface area contributed by atoms with Gasteiger partial charge in [0.05, 0.1) is 29.2 Å². The van der Waals surface area contributed by atoms with Gasteiger partial charge in [-0.3, -0.25) is 0 Å². The topological polar surface area (TPSA) is 46.0 Å². The molecule has 1 aliphatic rings. The van der Waals surface area contributed by atoms with E-state index in [2.05, 4.69) is 15.7 Å². The average Bonchev–Trinajstić information content (AvgIpc) is 2.63. The molecular formula is C10H16N2OS. The molecule has 0 bridgehead atoms. The lowest BCUT2D eigenvalue weighted by atomic mass is 9.77. The zero-order valence-electron chi connectivity index (χ0n) is 8.44. The number of rotatable bonds is 2. The molecule has 1 aliphatic carbocycles. The first-order valence-electron chi connectivity index (χ1n) is 5.17. The lowest BCUT2D eigenvalue weighted by Gasteiger charge is -2.34. The summed E-state index contributed by atoms with van der Waals surface area (Å²) in [5.41, 5.74) is 0.425. The highest BCUT2D eigenvalue weighted by Gasteiger charge is 2.32. The van der Waals surface area contributed by atoms with Gasteiger partial charge in [-0.25, -0.2) is 0 Å². The Balaban J connectivity index is 1.96. The predicted molar refractivity (Wildman–Crippen MR) is 56.2 cm³/mol. The van der Waals surface area contributed by atoms with E-state index in [4.69, 9.17) is 0 Å². The molecule has 1 aromatic heterocycles. The minimum Gasteiger partial charge on any atom is -0.389 e. The van der Waals surface area contributed by atoms with Crippen LogP contribution in [0.1, 0.15) is 38.3 Å². The first-order chi connectivity index (χ1) is 6.68. The molecule has 1 fully saturated rings. The van der Waals surface area contributed by atoms with E-state index in [-0.39, 0.29) is 0 Å². The highest BCUT2D eigenvalue weighted by atomic mass is 32.1. The predicted octanol–water partition coefficient (Wildman–Crippen LogP) is 2.02. The van der Waals surface area contributed by atoms with Crippen LogP contribution < -0.4 is 0 Å². The summed E-state index contributed by atoms with van der Waals surface area (Å²) in [6, 6.07) is 0. The molecule has 0 aliphatic heterocycles. The Labute approximate surface area is 88.5 Å². The van der Waals surface area contributed by atoms with Crippen LogP contribution in [-0.4, -0.2) is 19.5 Å². The standard InChI is InChI=1S/C10H16N2OS/c1-8-2-4-10(13,5-3-8)6-9-7-11-14-12-9/h7-8,13H,2-6H2,1H3. The van der Waals surface area contributed by atoms with Crippen molar-refractivity contribution < 1.29 is 5.11 Å². The maximum absolute atomic E-state index is 10.3. The summed E-state index contributed by atoms with van der Waals surface area (Å²) < 4.78 is 8.10. The molecule has 1 saturated carbocycles. The summed E-state index contributed by atoms with van der Waals surface area (Å²) in [4.78, 5) is 0. The maximum Gasteiger partial charge on any atom is 0.0771 e. The third-order valence-electron chi connectivity index (χ3n) is 3.12. The van der Waals surface area contributed by atoms with E-state index in [1.165, 1.54) is 11.7 Å². The van der Waals surface area contributed by atoms with Crippen molar-refractivity contribution in [1.29, 1.82) is 0 Å². The quantitative estimate of drug-likeness (QED) is 0.815. The van der Waals surface area contributed by atoms with Crippen LogP contribution in [0.3, 0.4) is 0 Å². The Hall–Kier alpha value is -0.480. The molecule has 78 valence electrons. The zero-order valence-corrected chi connectivity index (χ0v) is 9.26. The Kier molecular flexibility index (Phi) is 2.83. The first kappa shape index (κ1) is 10.1. The van der Waals surface area contributed by atoms with E-state index in [1.54, 1.807) is 6.20 Å². The molecule has 0 spiro atoms. The summed E-state index contributed by atoms with van der Waals surface area (Å²) in [6.45, 7) is 2.25. The fraction of sp³-hybridized carbons (Fsp3) is 0.800. The molecule has 4 heteroatoms. The van der Waals surface area contributed by atoms with Crippen LogP contribution in [-0.2, 0) is 6.42 Å². The van der Waals surface area contributed by atoms with Gasteiger partial charge in [0.1, 0.15) is 0 Å². The third-order valence-corrected chi connectivity index (χ3v) is 3.64. The summed E-state index contributed by atoms with van der Waals surface area (Å²) in [6.07, 6.45) is 6.52. The molecule has 2 rings (SSSR count). The van der Waals surface area contributed by atoms with Gasteiger partial charge in [-0.1, -0.05) is 6.92 Å². The molecule has 3 nitrogen and oxygen atoms in total. The third kappa shape index (κ3) is 2.30. The van der Waals surface area contributed by atoms with Crippen molar-refractivity contribution in [1.82, 2.24) is 8.75 Å². The minimum atomic E-state index is -0.512. The minimum absolute atomic E-state index is 0.512. The van der Waals surface area contributed by atoms with Crippen LogP contribution in [0.2, 0.25) is 0 Å². The van der Waals surface area contributed by atoms with Crippen LogP contribution in [0, 0.1) is 5.92 Å². The molecule has 1 heterocycles. The average molecular weight is 212 g/mol. The van der Waals surface area contributed by atoms with Crippen LogP contribution in [0.15, 0.2) is 6.20 Å². The number of hydrogen-bond acceptors (Lipinski definition) is 4. The molecule has 0 aromatic carbocycles. The highest BCUT2D eigenvalue weighted by Crippen LogP contribution is 2.33. The van der Waals surface area contributed by atoms with Gasteiger partial charge in [-0.2, -0.15) is 8.75 Å². The normalized spacial score (nSPS) is 33.1. The first-order valence-corrected chi connectivity index (χ1v) is 5.90. The largest absolute Gasteiger partial charge is 0.389 e. The number of nitrogens with zero attached hydrogens (tertiary/aromatic N) is 2. The molecule has 0 radical (unpaired) electrons. The summed E-state index contributed by atoms with van der Waals surface area (Å²) in [7, 11) is 0. The van der Waals surface area contributed by atoms with Crippen molar-refractivity contribution in [2.24, 2.45) is 5.92 Å². The van der Waals surface area contributed by atoms with E-state index in [9.17, 15) is 5.11 Å². The van der Waals surface area contributed by atoms with Gasteiger partial charge in [0.2, 0.25) is 0 Å². The molecule has 0 atom stereocenters. The summed E-state index contributed by atoms with van der Waals surface area (Å²) in [5.74, 6) is 0.767. The van der Waals surface area contributed by atoms with Crippen LogP contribution in [0.4, 0.5) is 0 Å². The van der Waals surface area contributed by atoms with E-state index in [0.29, 0.717) is 6.42 Å². The van der Waals surface area contributed by atoms with Crippen molar-refractivity contribution >= 4 is 11.7 Å². The van der Waals surface area contributed by atoms with Crippen LogP contribution in [0.5, 0.6) is 0 Å². The van der Waals surface area contributed by atoms with Crippen molar-refractivity contribution in [3.05, 3.63) is 11.9 Å². The Morgan fingerprint density at radius 3 is 2.86 bits per heavy atom. The Morgan fingerprint density at radius 2 is 2.29 bits per heavy atom. The molecule has 0 unspecified atom stereocenters. The van der Waals surface area contributed by atoms with Crippen molar-refractivity contribution in [2.75, 3.05) is 0 Å². The molecule has 14 heavy (non-hydrogen) atoms. The van der Waals surface area contributed by atoms with Gasteiger partial charge in [0.25, 0.3) is 0 Å². The van der Waals surface area contributed by atoms with E-state index in [1.807, 2.05) is 0 Å². The SMILES string of the molecule is CC1CCC(O)(Cc2cnsn2)CC1. The van der Waals surface area contributed by atoms with Gasteiger partial charge in [0, 0.05) is 6.42 Å². The van der Waals surface area contributed by atoms with Crippen molar-refractivity contribution in [2.45, 2.75) is 44.6 Å². The van der Waals surface area contributed by atoms with Crippen LogP contribution >= 0.6 is 11.7 Å². The van der Waals surface area contributed by atoms with Gasteiger partial charge in [-0.05, 0) is 31.6 Å². The fourth-order valence-corrected chi connectivity index (χ4v) is 2.51. The van der Waals surface area contributed by atoms with E-state index >= 15 is 0 Å². The number of aliphatic hydroxyl groups is 1. The van der Waals surface area contributed by atoms with Gasteiger partial charge in [-0.15, -0.1) is 0 Å². The number of hydrogen-bond donors (Lipinski definition) is 1. The van der Waals surface area contributed by atoms with Crippen LogP contribution in [0.25, 0.3) is 0 Å². The molecule has 0 amide bonds. The molecule has 1 aromatic rings. The van der Waals surface area contributed by atoms with Gasteiger partial charge >= 0.3 is 0 Å². The van der Waals surface area contributed by atoms with Crippen molar-refractivity contribution in [3.63, 3.8) is 0 Å². The van der Waals surface area contributed by atoms with Crippen molar-refractivity contribution in [3.8, 4) is 0 Å². The molecular weight excluding hydrogens is 196 g/mol. The summed E-state index contributed by atoms with van der Waals surface area (Å²) in [5, 5.41) is 10.3. The number of aromatic nitrogens is 2.